The summed E-state index contributed by atoms with van der Waals surface area (Å²) in [5.74, 6) is 1.44. The second-order valence-corrected chi connectivity index (χ2v) is 5.10. The van der Waals surface area contributed by atoms with E-state index in [0.29, 0.717) is 17.8 Å². The lowest BCUT2D eigenvalue weighted by Gasteiger charge is -2.21. The smallest absolute Gasteiger partial charge is 0.180 e. The van der Waals surface area contributed by atoms with E-state index < -0.39 is 0 Å². The Morgan fingerprint density at radius 3 is 2.60 bits per heavy atom. The molecule has 2 nitrogen and oxygen atoms in total. The summed E-state index contributed by atoms with van der Waals surface area (Å²) in [6.07, 6.45) is 10.4. The maximum Gasteiger partial charge on any atom is 0.180 e. The van der Waals surface area contributed by atoms with Crippen LogP contribution in [0, 0.1) is 23.2 Å². The molecule has 0 aromatic rings. The summed E-state index contributed by atoms with van der Waals surface area (Å²) in [4.78, 5) is 0. The molecule has 0 aromatic heterocycles. The van der Waals surface area contributed by atoms with Crippen LogP contribution in [0.15, 0.2) is 24.3 Å². The summed E-state index contributed by atoms with van der Waals surface area (Å²) in [6, 6.07) is 0. The first-order valence-electron chi connectivity index (χ1n) is 5.66. The molecule has 4 atom stereocenters. The van der Waals surface area contributed by atoms with Gasteiger partial charge in [-0.1, -0.05) is 31.2 Å². The van der Waals surface area contributed by atoms with E-state index in [-0.39, 0.29) is 11.2 Å². The second kappa shape index (κ2) is 2.74. The van der Waals surface area contributed by atoms with Gasteiger partial charge in [-0.05, 0) is 18.3 Å². The van der Waals surface area contributed by atoms with Crippen LogP contribution in [-0.2, 0) is 9.47 Å². The van der Waals surface area contributed by atoms with Gasteiger partial charge in [-0.2, -0.15) is 0 Å². The van der Waals surface area contributed by atoms with Crippen molar-refractivity contribution in [3.8, 4) is 0 Å². The standard InChI is InChI=1S/C13H18O2/c1-12-8-7-9-5-4-6-10(9)11(12)13(12,14-2)15-3/h4-5,7-11H,6H2,1-3H3/t9-,10-,11+,12-/m0/s1. The van der Waals surface area contributed by atoms with Gasteiger partial charge in [-0.3, -0.25) is 0 Å². The molecule has 0 saturated heterocycles. The lowest BCUT2D eigenvalue weighted by molar-refractivity contribution is -0.158. The zero-order chi connectivity index (χ0) is 10.7. The predicted octanol–water partition coefficient (Wildman–Crippen LogP) is 2.37. The Balaban J connectivity index is 1.99. The van der Waals surface area contributed by atoms with Crippen LogP contribution < -0.4 is 0 Å². The van der Waals surface area contributed by atoms with Crippen LogP contribution in [0.25, 0.3) is 0 Å². The highest BCUT2D eigenvalue weighted by Gasteiger charge is 2.78. The number of ether oxygens (including phenoxy) is 2. The third kappa shape index (κ3) is 0.883. The molecule has 3 rings (SSSR count). The minimum Gasteiger partial charge on any atom is -0.352 e. The lowest BCUT2D eigenvalue weighted by atomic mass is 9.82. The van der Waals surface area contributed by atoms with E-state index in [9.17, 15) is 0 Å². The van der Waals surface area contributed by atoms with E-state index in [2.05, 4.69) is 31.2 Å². The summed E-state index contributed by atoms with van der Waals surface area (Å²) < 4.78 is 11.3. The Kier molecular flexibility index (Phi) is 1.76. The summed E-state index contributed by atoms with van der Waals surface area (Å²) in [7, 11) is 3.52. The van der Waals surface area contributed by atoms with Crippen molar-refractivity contribution in [1.29, 1.82) is 0 Å². The Hall–Kier alpha value is -0.600. The maximum absolute atomic E-state index is 5.65. The molecule has 0 unspecified atom stereocenters. The minimum atomic E-state index is -0.366. The Bertz CT molecular complexity index is 340. The number of fused-ring (bicyclic) bond motifs is 3. The van der Waals surface area contributed by atoms with Gasteiger partial charge in [0.1, 0.15) is 0 Å². The summed E-state index contributed by atoms with van der Waals surface area (Å²) >= 11 is 0. The molecule has 1 saturated carbocycles. The Morgan fingerprint density at radius 1 is 1.20 bits per heavy atom. The molecule has 0 amide bonds. The molecule has 0 heterocycles. The molecule has 0 radical (unpaired) electrons. The van der Waals surface area contributed by atoms with Crippen LogP contribution in [0.4, 0.5) is 0 Å². The molecule has 15 heavy (non-hydrogen) atoms. The normalized spacial score (nSPS) is 48.9. The third-order valence-corrected chi connectivity index (χ3v) is 4.68. The number of methoxy groups -OCH3 is 2. The number of allylic oxidation sites excluding steroid dienone is 3. The third-order valence-electron chi connectivity index (χ3n) is 4.68. The number of hydrogen-bond acceptors (Lipinski definition) is 2. The molecule has 0 N–H and O–H groups in total. The topological polar surface area (TPSA) is 18.5 Å². The number of hydrogen-bond donors (Lipinski definition) is 0. The zero-order valence-corrected chi connectivity index (χ0v) is 9.57. The second-order valence-electron chi connectivity index (χ2n) is 5.10. The van der Waals surface area contributed by atoms with Crippen molar-refractivity contribution in [3.63, 3.8) is 0 Å². The molecular weight excluding hydrogens is 188 g/mol. The zero-order valence-electron chi connectivity index (χ0n) is 9.57. The average Bonchev–Trinajstić information content (AvgIpc) is 2.60. The fraction of sp³-hybridized carbons (Fsp3) is 0.692. The highest BCUT2D eigenvalue weighted by Crippen LogP contribution is 2.72. The largest absolute Gasteiger partial charge is 0.352 e. The fourth-order valence-corrected chi connectivity index (χ4v) is 3.90. The van der Waals surface area contributed by atoms with Gasteiger partial charge in [0.2, 0.25) is 0 Å². The van der Waals surface area contributed by atoms with Crippen molar-refractivity contribution in [2.45, 2.75) is 19.1 Å². The van der Waals surface area contributed by atoms with Crippen molar-refractivity contribution < 1.29 is 9.47 Å². The first kappa shape index (κ1) is 9.61. The van der Waals surface area contributed by atoms with Gasteiger partial charge in [0.05, 0.1) is 0 Å². The van der Waals surface area contributed by atoms with E-state index in [1.54, 1.807) is 14.2 Å². The number of rotatable bonds is 2. The van der Waals surface area contributed by atoms with Crippen LogP contribution in [0.2, 0.25) is 0 Å². The van der Waals surface area contributed by atoms with Crippen LogP contribution in [0.1, 0.15) is 13.3 Å². The van der Waals surface area contributed by atoms with E-state index >= 15 is 0 Å². The van der Waals surface area contributed by atoms with Gasteiger partial charge in [0.25, 0.3) is 0 Å². The van der Waals surface area contributed by atoms with Crippen molar-refractivity contribution in [1.82, 2.24) is 0 Å². The molecule has 0 spiro atoms. The summed E-state index contributed by atoms with van der Waals surface area (Å²) in [6.45, 7) is 2.25. The first-order valence-corrected chi connectivity index (χ1v) is 5.66. The van der Waals surface area contributed by atoms with Crippen LogP contribution in [0.3, 0.4) is 0 Å². The highest BCUT2D eigenvalue weighted by atomic mass is 16.7. The van der Waals surface area contributed by atoms with E-state index in [0.717, 1.165) is 0 Å². The van der Waals surface area contributed by atoms with Crippen LogP contribution in [0.5, 0.6) is 0 Å². The summed E-state index contributed by atoms with van der Waals surface area (Å²) in [5, 5.41) is 0. The molecule has 1 fully saturated rings. The summed E-state index contributed by atoms with van der Waals surface area (Å²) in [5.41, 5.74) is 0.0870. The SMILES string of the molecule is COC1(OC)[C@@H]2[C@H]3CC=C[C@H]3C=C[C@@]21C. The molecule has 2 heteroatoms. The van der Waals surface area contributed by atoms with Crippen LogP contribution >= 0.6 is 0 Å². The molecule has 0 bridgehead atoms. The molecular formula is C13H18O2. The molecule has 82 valence electrons. The van der Waals surface area contributed by atoms with E-state index in [4.69, 9.17) is 9.47 Å². The van der Waals surface area contributed by atoms with Gasteiger partial charge < -0.3 is 9.47 Å². The maximum atomic E-state index is 5.65. The van der Waals surface area contributed by atoms with Crippen molar-refractivity contribution in [2.75, 3.05) is 14.2 Å². The Labute approximate surface area is 90.9 Å². The van der Waals surface area contributed by atoms with Gasteiger partial charge >= 0.3 is 0 Å². The van der Waals surface area contributed by atoms with Gasteiger partial charge in [0.15, 0.2) is 5.79 Å². The van der Waals surface area contributed by atoms with Crippen molar-refractivity contribution in [3.05, 3.63) is 24.3 Å². The average molecular weight is 206 g/mol. The van der Waals surface area contributed by atoms with Gasteiger partial charge in [0, 0.05) is 25.6 Å². The van der Waals surface area contributed by atoms with Crippen molar-refractivity contribution in [2.24, 2.45) is 23.2 Å². The molecule has 3 aliphatic rings. The minimum absolute atomic E-state index is 0.0870. The van der Waals surface area contributed by atoms with Gasteiger partial charge in [-0.15, -0.1) is 0 Å². The quantitative estimate of drug-likeness (QED) is 0.510. The Morgan fingerprint density at radius 2 is 1.93 bits per heavy atom. The monoisotopic (exact) mass is 206 g/mol. The van der Waals surface area contributed by atoms with E-state index in [1.807, 2.05) is 0 Å². The fourth-order valence-electron chi connectivity index (χ4n) is 3.90. The predicted molar refractivity (Wildman–Crippen MR) is 58.2 cm³/mol. The molecule has 0 aromatic carbocycles. The van der Waals surface area contributed by atoms with Crippen molar-refractivity contribution >= 4 is 0 Å². The van der Waals surface area contributed by atoms with Crippen LogP contribution in [-0.4, -0.2) is 20.0 Å². The molecule has 0 aliphatic heterocycles. The lowest BCUT2D eigenvalue weighted by Crippen LogP contribution is -2.23. The van der Waals surface area contributed by atoms with E-state index in [1.165, 1.54) is 6.42 Å². The highest BCUT2D eigenvalue weighted by molar-refractivity contribution is 5.35. The van der Waals surface area contributed by atoms with Gasteiger partial charge in [-0.25, -0.2) is 0 Å². The molecule has 3 aliphatic carbocycles. The first-order chi connectivity index (χ1) is 7.19.